The molecule has 0 aromatic heterocycles. The van der Waals surface area contributed by atoms with E-state index in [2.05, 4.69) is 19.2 Å². The molecule has 1 rings (SSSR count). The molecule has 78 valence electrons. The second-order valence-electron chi connectivity index (χ2n) is 4.61. The van der Waals surface area contributed by atoms with Gasteiger partial charge in [-0.2, -0.15) is 0 Å². The van der Waals surface area contributed by atoms with Crippen LogP contribution in [0.5, 0.6) is 0 Å². The summed E-state index contributed by atoms with van der Waals surface area (Å²) in [5.41, 5.74) is -0.0647. The fourth-order valence-electron chi connectivity index (χ4n) is 1.96. The molecule has 1 fully saturated rings. The van der Waals surface area contributed by atoms with E-state index in [0.29, 0.717) is 0 Å². The lowest BCUT2D eigenvalue weighted by atomic mass is 9.99. The van der Waals surface area contributed by atoms with E-state index >= 15 is 0 Å². The van der Waals surface area contributed by atoms with Crippen molar-refractivity contribution in [3.05, 3.63) is 0 Å². The van der Waals surface area contributed by atoms with Crippen molar-refractivity contribution in [3.63, 3.8) is 0 Å². The number of hydrogen-bond donors (Lipinski definition) is 3. The van der Waals surface area contributed by atoms with Gasteiger partial charge in [-0.05, 0) is 39.5 Å². The molecule has 0 spiro atoms. The number of aliphatic hydroxyl groups is 2. The van der Waals surface area contributed by atoms with Crippen LogP contribution in [0.4, 0.5) is 0 Å². The summed E-state index contributed by atoms with van der Waals surface area (Å²) in [7, 11) is 0. The van der Waals surface area contributed by atoms with E-state index in [4.69, 9.17) is 5.11 Å². The predicted molar refractivity (Wildman–Crippen MR) is 52.6 cm³/mol. The molecule has 1 aliphatic carbocycles. The highest BCUT2D eigenvalue weighted by atomic mass is 16.3. The topological polar surface area (TPSA) is 52.5 Å². The van der Waals surface area contributed by atoms with Gasteiger partial charge >= 0.3 is 0 Å². The van der Waals surface area contributed by atoms with Gasteiger partial charge in [-0.1, -0.05) is 0 Å². The van der Waals surface area contributed by atoms with Gasteiger partial charge in [0.2, 0.25) is 0 Å². The maximum absolute atomic E-state index is 9.60. The van der Waals surface area contributed by atoms with Crippen molar-refractivity contribution in [1.29, 1.82) is 0 Å². The molecule has 0 bridgehead atoms. The van der Waals surface area contributed by atoms with E-state index in [0.717, 1.165) is 25.7 Å². The Balaban J connectivity index is 2.37. The summed E-state index contributed by atoms with van der Waals surface area (Å²) in [6.07, 6.45) is 3.60. The summed E-state index contributed by atoms with van der Waals surface area (Å²) in [5.74, 6) is 0. The predicted octanol–water partition coefficient (Wildman–Crippen LogP) is 0.650. The summed E-state index contributed by atoms with van der Waals surface area (Å²) in [6.45, 7) is 4.32. The molecule has 3 nitrogen and oxygen atoms in total. The van der Waals surface area contributed by atoms with Crippen LogP contribution in [0.3, 0.4) is 0 Å². The van der Waals surface area contributed by atoms with Crippen molar-refractivity contribution in [1.82, 2.24) is 5.32 Å². The van der Waals surface area contributed by atoms with Gasteiger partial charge in [-0.25, -0.2) is 0 Å². The lowest BCUT2D eigenvalue weighted by Gasteiger charge is -2.31. The molecule has 0 aromatic rings. The van der Waals surface area contributed by atoms with Gasteiger partial charge in [0.05, 0.1) is 6.10 Å². The van der Waals surface area contributed by atoms with E-state index in [1.807, 2.05) is 0 Å². The van der Waals surface area contributed by atoms with Gasteiger partial charge in [0.25, 0.3) is 0 Å². The summed E-state index contributed by atoms with van der Waals surface area (Å²) in [6, 6.07) is 0.224. The minimum Gasteiger partial charge on any atom is -0.396 e. The first kappa shape index (κ1) is 11.0. The van der Waals surface area contributed by atoms with Crippen LogP contribution in [-0.4, -0.2) is 34.5 Å². The van der Waals surface area contributed by atoms with Crippen molar-refractivity contribution in [3.8, 4) is 0 Å². The summed E-state index contributed by atoms with van der Waals surface area (Å²) in [5, 5.41) is 21.8. The number of nitrogens with one attached hydrogen (secondary N) is 1. The second-order valence-corrected chi connectivity index (χ2v) is 4.61. The number of rotatable bonds is 4. The quantitative estimate of drug-likeness (QED) is 0.605. The number of aliphatic hydroxyl groups excluding tert-OH is 2. The van der Waals surface area contributed by atoms with Crippen LogP contribution in [0.15, 0.2) is 0 Å². The van der Waals surface area contributed by atoms with Crippen LogP contribution in [0.25, 0.3) is 0 Å². The first-order chi connectivity index (χ1) is 6.05. The highest BCUT2D eigenvalue weighted by molar-refractivity contribution is 4.89. The molecule has 13 heavy (non-hydrogen) atoms. The Bertz CT molecular complexity index is 159. The zero-order chi connectivity index (χ0) is 9.90. The molecule has 2 atom stereocenters. The zero-order valence-corrected chi connectivity index (χ0v) is 8.58. The molecular formula is C10H21NO2. The van der Waals surface area contributed by atoms with E-state index in [1.165, 1.54) is 0 Å². The van der Waals surface area contributed by atoms with Crippen LogP contribution < -0.4 is 5.32 Å². The summed E-state index contributed by atoms with van der Waals surface area (Å²) < 4.78 is 0. The Morgan fingerprint density at radius 1 is 1.38 bits per heavy atom. The monoisotopic (exact) mass is 187 g/mol. The molecule has 3 heteroatoms. The lowest BCUT2D eigenvalue weighted by molar-refractivity contribution is 0.123. The lowest BCUT2D eigenvalue weighted by Crippen LogP contribution is -2.49. The normalized spacial score (nSPS) is 29.5. The molecule has 0 heterocycles. The van der Waals surface area contributed by atoms with Gasteiger partial charge in [-0.15, -0.1) is 0 Å². The zero-order valence-electron chi connectivity index (χ0n) is 8.58. The van der Waals surface area contributed by atoms with Gasteiger partial charge < -0.3 is 15.5 Å². The SMILES string of the molecule is CC(C)(CCO)N[C@H]1CCC[C@@H]1O. The minimum absolute atomic E-state index is 0.0647. The molecule has 0 aromatic carbocycles. The minimum atomic E-state index is -0.196. The average molecular weight is 187 g/mol. The van der Waals surface area contributed by atoms with Crippen LogP contribution in [0.1, 0.15) is 39.5 Å². The van der Waals surface area contributed by atoms with Gasteiger partial charge in [0.15, 0.2) is 0 Å². The summed E-state index contributed by atoms with van der Waals surface area (Å²) >= 11 is 0. The van der Waals surface area contributed by atoms with Crippen molar-refractivity contribution < 1.29 is 10.2 Å². The third-order valence-corrected chi connectivity index (χ3v) is 2.79. The molecule has 1 aliphatic rings. The van der Waals surface area contributed by atoms with E-state index in [9.17, 15) is 5.11 Å². The van der Waals surface area contributed by atoms with Gasteiger partial charge in [-0.3, -0.25) is 0 Å². The molecular weight excluding hydrogens is 166 g/mol. The van der Waals surface area contributed by atoms with Gasteiger partial charge in [0.1, 0.15) is 0 Å². The molecule has 0 amide bonds. The van der Waals surface area contributed by atoms with E-state index in [1.54, 1.807) is 0 Å². The Labute approximate surface area is 80.2 Å². The molecule has 0 unspecified atom stereocenters. The first-order valence-corrected chi connectivity index (χ1v) is 5.12. The van der Waals surface area contributed by atoms with Crippen molar-refractivity contribution in [2.45, 2.75) is 57.2 Å². The maximum Gasteiger partial charge on any atom is 0.0693 e. The largest absolute Gasteiger partial charge is 0.396 e. The Kier molecular flexibility index (Phi) is 3.71. The van der Waals surface area contributed by atoms with Gasteiger partial charge in [0, 0.05) is 18.2 Å². The van der Waals surface area contributed by atoms with Crippen LogP contribution >= 0.6 is 0 Å². The second kappa shape index (κ2) is 4.40. The molecule has 1 saturated carbocycles. The average Bonchev–Trinajstić information content (AvgIpc) is 2.35. The fourth-order valence-corrected chi connectivity index (χ4v) is 1.96. The van der Waals surface area contributed by atoms with Crippen LogP contribution in [0, 0.1) is 0 Å². The van der Waals surface area contributed by atoms with Crippen LogP contribution in [-0.2, 0) is 0 Å². The Morgan fingerprint density at radius 3 is 2.54 bits per heavy atom. The molecule has 0 radical (unpaired) electrons. The third-order valence-electron chi connectivity index (χ3n) is 2.79. The smallest absolute Gasteiger partial charge is 0.0693 e. The summed E-state index contributed by atoms with van der Waals surface area (Å²) in [4.78, 5) is 0. The van der Waals surface area contributed by atoms with E-state index in [-0.39, 0.29) is 24.3 Å². The number of hydrogen-bond acceptors (Lipinski definition) is 3. The van der Waals surface area contributed by atoms with Crippen LogP contribution in [0.2, 0.25) is 0 Å². The first-order valence-electron chi connectivity index (χ1n) is 5.12. The Hall–Kier alpha value is -0.120. The third kappa shape index (κ3) is 3.25. The molecule has 3 N–H and O–H groups in total. The highest BCUT2D eigenvalue weighted by Gasteiger charge is 2.29. The maximum atomic E-state index is 9.60. The van der Waals surface area contributed by atoms with Crippen molar-refractivity contribution in [2.24, 2.45) is 0 Å². The molecule has 0 saturated heterocycles. The van der Waals surface area contributed by atoms with Crippen molar-refractivity contribution >= 4 is 0 Å². The van der Waals surface area contributed by atoms with E-state index < -0.39 is 0 Å². The standard InChI is InChI=1S/C10H21NO2/c1-10(2,6-7-12)11-8-4-3-5-9(8)13/h8-9,11-13H,3-7H2,1-2H3/t8-,9-/m0/s1. The Morgan fingerprint density at radius 2 is 2.08 bits per heavy atom. The molecule has 0 aliphatic heterocycles. The highest BCUT2D eigenvalue weighted by Crippen LogP contribution is 2.22. The fraction of sp³-hybridized carbons (Fsp3) is 1.00. The van der Waals surface area contributed by atoms with Crippen molar-refractivity contribution in [2.75, 3.05) is 6.61 Å².